The molecular formula is C10H11IO2. The van der Waals surface area contributed by atoms with Crippen LogP contribution in [0.2, 0.25) is 0 Å². The molecule has 0 radical (unpaired) electrons. The standard InChI is InChI=1S/C10H11IO2/c1-4-7-5-9(12-2)10(13-3)6-8(7)11/h4-6H,1H2,2-3H3. The van der Waals surface area contributed by atoms with Gasteiger partial charge in [0.1, 0.15) is 0 Å². The van der Waals surface area contributed by atoms with Crippen LogP contribution in [0.4, 0.5) is 0 Å². The molecule has 0 bridgehead atoms. The highest BCUT2D eigenvalue weighted by molar-refractivity contribution is 14.1. The number of benzene rings is 1. The van der Waals surface area contributed by atoms with E-state index in [1.165, 1.54) is 0 Å². The summed E-state index contributed by atoms with van der Waals surface area (Å²) in [6.45, 7) is 3.72. The molecule has 2 nitrogen and oxygen atoms in total. The smallest absolute Gasteiger partial charge is 0.161 e. The topological polar surface area (TPSA) is 18.5 Å². The third-order valence-electron chi connectivity index (χ3n) is 1.72. The Kier molecular flexibility index (Phi) is 3.59. The second-order valence-corrected chi connectivity index (χ2v) is 3.60. The summed E-state index contributed by atoms with van der Waals surface area (Å²) in [7, 11) is 3.25. The van der Waals surface area contributed by atoms with E-state index in [1.807, 2.05) is 12.1 Å². The van der Waals surface area contributed by atoms with Crippen LogP contribution in [0.15, 0.2) is 18.7 Å². The molecule has 0 aromatic heterocycles. The third kappa shape index (κ3) is 2.15. The molecule has 1 rings (SSSR count). The lowest BCUT2D eigenvalue weighted by atomic mass is 10.2. The molecule has 0 amide bonds. The van der Waals surface area contributed by atoms with Crippen molar-refractivity contribution in [1.82, 2.24) is 0 Å². The van der Waals surface area contributed by atoms with Crippen LogP contribution in [0.25, 0.3) is 6.08 Å². The highest BCUT2D eigenvalue weighted by atomic mass is 127. The van der Waals surface area contributed by atoms with Gasteiger partial charge in [-0.2, -0.15) is 0 Å². The quantitative estimate of drug-likeness (QED) is 0.797. The van der Waals surface area contributed by atoms with E-state index < -0.39 is 0 Å². The first-order valence-electron chi connectivity index (χ1n) is 3.77. The fraction of sp³-hybridized carbons (Fsp3) is 0.200. The van der Waals surface area contributed by atoms with E-state index >= 15 is 0 Å². The van der Waals surface area contributed by atoms with Gasteiger partial charge in [-0.3, -0.25) is 0 Å². The van der Waals surface area contributed by atoms with Gasteiger partial charge in [-0.25, -0.2) is 0 Å². The number of hydrogen-bond donors (Lipinski definition) is 0. The molecule has 0 aliphatic heterocycles. The fourth-order valence-corrected chi connectivity index (χ4v) is 1.69. The molecule has 1 aromatic rings. The zero-order valence-corrected chi connectivity index (χ0v) is 9.79. The van der Waals surface area contributed by atoms with Crippen LogP contribution in [0.5, 0.6) is 11.5 Å². The van der Waals surface area contributed by atoms with Crippen molar-refractivity contribution in [2.45, 2.75) is 0 Å². The Labute approximate surface area is 91.7 Å². The second kappa shape index (κ2) is 4.50. The summed E-state index contributed by atoms with van der Waals surface area (Å²) in [5, 5.41) is 0. The molecule has 0 saturated carbocycles. The van der Waals surface area contributed by atoms with Gasteiger partial charge in [-0.15, -0.1) is 0 Å². The summed E-state index contributed by atoms with van der Waals surface area (Å²) in [5.74, 6) is 1.48. The van der Waals surface area contributed by atoms with Gasteiger partial charge in [0.25, 0.3) is 0 Å². The predicted octanol–water partition coefficient (Wildman–Crippen LogP) is 2.95. The van der Waals surface area contributed by atoms with Crippen molar-refractivity contribution in [3.05, 3.63) is 27.8 Å². The second-order valence-electron chi connectivity index (χ2n) is 2.43. The van der Waals surface area contributed by atoms with Crippen LogP contribution < -0.4 is 9.47 Å². The molecule has 3 heteroatoms. The van der Waals surface area contributed by atoms with E-state index in [4.69, 9.17) is 9.47 Å². The first-order valence-corrected chi connectivity index (χ1v) is 4.84. The van der Waals surface area contributed by atoms with Crippen molar-refractivity contribution in [3.8, 4) is 11.5 Å². The Morgan fingerprint density at radius 3 is 2.23 bits per heavy atom. The zero-order chi connectivity index (χ0) is 9.84. The molecule has 0 N–H and O–H groups in total. The summed E-state index contributed by atoms with van der Waals surface area (Å²) in [4.78, 5) is 0. The van der Waals surface area contributed by atoms with Crippen LogP contribution in [-0.4, -0.2) is 14.2 Å². The van der Waals surface area contributed by atoms with Crippen molar-refractivity contribution in [2.75, 3.05) is 14.2 Å². The van der Waals surface area contributed by atoms with Gasteiger partial charge >= 0.3 is 0 Å². The first kappa shape index (κ1) is 10.4. The molecule has 1 aromatic carbocycles. The molecule has 0 heterocycles. The Bertz CT molecular complexity index is 321. The van der Waals surface area contributed by atoms with Gasteiger partial charge in [0.15, 0.2) is 11.5 Å². The third-order valence-corrected chi connectivity index (χ3v) is 2.66. The molecule has 0 unspecified atom stereocenters. The lowest BCUT2D eigenvalue weighted by molar-refractivity contribution is 0.354. The van der Waals surface area contributed by atoms with Crippen molar-refractivity contribution in [3.63, 3.8) is 0 Å². The van der Waals surface area contributed by atoms with Crippen molar-refractivity contribution in [2.24, 2.45) is 0 Å². The summed E-state index contributed by atoms with van der Waals surface area (Å²) in [6.07, 6.45) is 1.80. The summed E-state index contributed by atoms with van der Waals surface area (Å²) >= 11 is 2.24. The maximum atomic E-state index is 5.16. The van der Waals surface area contributed by atoms with Crippen LogP contribution in [-0.2, 0) is 0 Å². The van der Waals surface area contributed by atoms with E-state index in [0.29, 0.717) is 0 Å². The lowest BCUT2D eigenvalue weighted by Gasteiger charge is -2.09. The molecule has 13 heavy (non-hydrogen) atoms. The van der Waals surface area contributed by atoms with Crippen molar-refractivity contribution < 1.29 is 9.47 Å². The van der Waals surface area contributed by atoms with E-state index in [2.05, 4.69) is 29.2 Å². The van der Waals surface area contributed by atoms with Crippen molar-refractivity contribution in [1.29, 1.82) is 0 Å². The Morgan fingerprint density at radius 2 is 1.77 bits per heavy atom. The maximum Gasteiger partial charge on any atom is 0.161 e. The number of methoxy groups -OCH3 is 2. The Hall–Kier alpha value is -0.710. The van der Waals surface area contributed by atoms with Crippen LogP contribution in [0.1, 0.15) is 5.56 Å². The summed E-state index contributed by atoms with van der Waals surface area (Å²) < 4.78 is 11.4. The molecule has 70 valence electrons. The van der Waals surface area contributed by atoms with Crippen LogP contribution in [0, 0.1) is 3.57 Å². The highest BCUT2D eigenvalue weighted by Gasteiger charge is 2.06. The molecule has 0 aliphatic rings. The fourth-order valence-electron chi connectivity index (χ4n) is 1.03. The van der Waals surface area contributed by atoms with Gasteiger partial charge in [-0.1, -0.05) is 12.7 Å². The predicted molar refractivity (Wildman–Crippen MR) is 62.4 cm³/mol. The molecule has 0 atom stereocenters. The highest BCUT2D eigenvalue weighted by Crippen LogP contribution is 2.31. The summed E-state index contributed by atoms with van der Waals surface area (Å²) in [5.41, 5.74) is 1.05. The van der Waals surface area contributed by atoms with Gasteiger partial charge in [0.2, 0.25) is 0 Å². The molecule has 0 saturated heterocycles. The molecule has 0 spiro atoms. The van der Waals surface area contributed by atoms with E-state index in [0.717, 1.165) is 20.6 Å². The number of hydrogen-bond acceptors (Lipinski definition) is 2. The molecule has 0 aliphatic carbocycles. The number of ether oxygens (including phenoxy) is 2. The van der Waals surface area contributed by atoms with E-state index in [-0.39, 0.29) is 0 Å². The normalized spacial score (nSPS) is 9.46. The number of rotatable bonds is 3. The minimum Gasteiger partial charge on any atom is -0.493 e. The average Bonchev–Trinajstić information content (AvgIpc) is 2.17. The molecular weight excluding hydrogens is 279 g/mol. The summed E-state index contributed by atoms with van der Waals surface area (Å²) in [6, 6.07) is 3.84. The minimum absolute atomic E-state index is 0.734. The Balaban J connectivity index is 3.26. The average molecular weight is 290 g/mol. The van der Waals surface area contributed by atoms with Crippen LogP contribution in [0.3, 0.4) is 0 Å². The zero-order valence-electron chi connectivity index (χ0n) is 7.63. The van der Waals surface area contributed by atoms with Crippen LogP contribution >= 0.6 is 22.6 Å². The number of halogens is 1. The van der Waals surface area contributed by atoms with Gasteiger partial charge in [-0.05, 0) is 40.3 Å². The molecule has 0 fully saturated rings. The lowest BCUT2D eigenvalue weighted by Crippen LogP contribution is -1.92. The van der Waals surface area contributed by atoms with Gasteiger partial charge in [0.05, 0.1) is 14.2 Å². The first-order chi connectivity index (χ1) is 6.22. The van der Waals surface area contributed by atoms with E-state index in [1.54, 1.807) is 20.3 Å². The van der Waals surface area contributed by atoms with Gasteiger partial charge in [0, 0.05) is 3.57 Å². The Morgan fingerprint density at radius 1 is 1.23 bits per heavy atom. The minimum atomic E-state index is 0.734. The van der Waals surface area contributed by atoms with Crippen molar-refractivity contribution >= 4 is 28.7 Å². The largest absolute Gasteiger partial charge is 0.493 e. The maximum absolute atomic E-state index is 5.16. The SMILES string of the molecule is C=Cc1cc(OC)c(OC)cc1I. The van der Waals surface area contributed by atoms with E-state index in [9.17, 15) is 0 Å². The van der Waals surface area contributed by atoms with Gasteiger partial charge < -0.3 is 9.47 Å². The monoisotopic (exact) mass is 290 g/mol.